The highest BCUT2D eigenvalue weighted by Gasteiger charge is 2.38. The van der Waals surface area contributed by atoms with E-state index in [9.17, 15) is 0 Å². The van der Waals surface area contributed by atoms with Gasteiger partial charge in [0.25, 0.3) is 0 Å². The Balaban J connectivity index is 1.68. The van der Waals surface area contributed by atoms with Gasteiger partial charge in [0.05, 0.1) is 6.61 Å². The molecule has 3 heteroatoms. The summed E-state index contributed by atoms with van der Waals surface area (Å²) >= 11 is 1.95. The van der Waals surface area contributed by atoms with Gasteiger partial charge in [-0.2, -0.15) is 0 Å². The van der Waals surface area contributed by atoms with Gasteiger partial charge in [0.15, 0.2) is 0 Å². The van der Waals surface area contributed by atoms with Crippen molar-refractivity contribution < 1.29 is 4.74 Å². The SMILES string of the molecule is COCCNCC1CC1c1ccc(C)s1. The number of hydrogen-bond acceptors (Lipinski definition) is 3. The van der Waals surface area contributed by atoms with E-state index < -0.39 is 0 Å². The first-order valence-electron chi connectivity index (χ1n) is 5.57. The van der Waals surface area contributed by atoms with Gasteiger partial charge in [-0.25, -0.2) is 0 Å². The molecule has 0 spiro atoms. The second-order valence-electron chi connectivity index (χ2n) is 4.25. The molecule has 1 aliphatic rings. The number of thiophene rings is 1. The van der Waals surface area contributed by atoms with Crippen LogP contribution < -0.4 is 5.32 Å². The molecule has 0 radical (unpaired) electrons. The molecule has 1 aromatic heterocycles. The Morgan fingerprint density at radius 3 is 3.07 bits per heavy atom. The van der Waals surface area contributed by atoms with E-state index >= 15 is 0 Å². The highest BCUT2D eigenvalue weighted by Crippen LogP contribution is 2.49. The maximum absolute atomic E-state index is 5.00. The summed E-state index contributed by atoms with van der Waals surface area (Å²) in [5.41, 5.74) is 0. The lowest BCUT2D eigenvalue weighted by Gasteiger charge is -2.02. The van der Waals surface area contributed by atoms with Crippen molar-refractivity contribution >= 4 is 11.3 Å². The zero-order valence-corrected chi connectivity index (χ0v) is 10.3. The maximum atomic E-state index is 5.00. The monoisotopic (exact) mass is 225 g/mol. The largest absolute Gasteiger partial charge is 0.383 e. The molecule has 0 amide bonds. The molecule has 0 saturated heterocycles. The van der Waals surface area contributed by atoms with E-state index in [0.717, 1.165) is 31.5 Å². The van der Waals surface area contributed by atoms with E-state index in [0.29, 0.717) is 0 Å². The molecule has 1 aromatic rings. The van der Waals surface area contributed by atoms with Crippen LogP contribution in [0.1, 0.15) is 22.1 Å². The number of aryl methyl sites for hydroxylation is 1. The van der Waals surface area contributed by atoms with Crippen LogP contribution in [-0.4, -0.2) is 26.8 Å². The van der Waals surface area contributed by atoms with Crippen LogP contribution >= 0.6 is 11.3 Å². The Morgan fingerprint density at radius 1 is 1.53 bits per heavy atom. The summed E-state index contributed by atoms with van der Waals surface area (Å²) in [5, 5.41) is 3.43. The van der Waals surface area contributed by atoms with Crippen molar-refractivity contribution in [3.05, 3.63) is 21.9 Å². The van der Waals surface area contributed by atoms with Crippen molar-refractivity contribution in [1.82, 2.24) is 5.32 Å². The van der Waals surface area contributed by atoms with Gasteiger partial charge in [0.2, 0.25) is 0 Å². The molecular weight excluding hydrogens is 206 g/mol. The Morgan fingerprint density at radius 2 is 2.40 bits per heavy atom. The highest BCUT2D eigenvalue weighted by molar-refractivity contribution is 7.12. The van der Waals surface area contributed by atoms with Crippen LogP contribution in [0.3, 0.4) is 0 Å². The number of rotatable bonds is 6. The van der Waals surface area contributed by atoms with E-state index in [1.54, 1.807) is 12.0 Å². The van der Waals surface area contributed by atoms with Crippen LogP contribution in [0.4, 0.5) is 0 Å². The fraction of sp³-hybridized carbons (Fsp3) is 0.667. The zero-order valence-electron chi connectivity index (χ0n) is 9.45. The quantitative estimate of drug-likeness (QED) is 0.751. The normalized spacial score (nSPS) is 24.4. The number of ether oxygens (including phenoxy) is 1. The van der Waals surface area contributed by atoms with Crippen molar-refractivity contribution in [1.29, 1.82) is 0 Å². The van der Waals surface area contributed by atoms with E-state index in [-0.39, 0.29) is 0 Å². The van der Waals surface area contributed by atoms with Gasteiger partial charge in [-0.05, 0) is 43.9 Å². The van der Waals surface area contributed by atoms with Gasteiger partial charge in [-0.3, -0.25) is 0 Å². The number of methoxy groups -OCH3 is 1. The van der Waals surface area contributed by atoms with E-state index in [1.807, 2.05) is 11.3 Å². The molecule has 0 aliphatic heterocycles. The third-order valence-corrected chi connectivity index (χ3v) is 4.07. The van der Waals surface area contributed by atoms with Crippen LogP contribution in [0.5, 0.6) is 0 Å². The van der Waals surface area contributed by atoms with Crippen molar-refractivity contribution in [3.8, 4) is 0 Å². The van der Waals surface area contributed by atoms with Crippen molar-refractivity contribution in [2.45, 2.75) is 19.3 Å². The van der Waals surface area contributed by atoms with E-state index in [1.165, 1.54) is 11.3 Å². The van der Waals surface area contributed by atoms with Crippen LogP contribution in [0.25, 0.3) is 0 Å². The average Bonchev–Trinajstić information content (AvgIpc) is 2.88. The molecule has 0 aromatic carbocycles. The zero-order chi connectivity index (χ0) is 10.7. The fourth-order valence-corrected chi connectivity index (χ4v) is 3.02. The molecule has 0 bridgehead atoms. The molecule has 2 nitrogen and oxygen atoms in total. The Hall–Kier alpha value is -0.380. The molecule has 1 heterocycles. The maximum Gasteiger partial charge on any atom is 0.0587 e. The van der Waals surface area contributed by atoms with Gasteiger partial charge in [-0.1, -0.05) is 0 Å². The molecule has 1 N–H and O–H groups in total. The third kappa shape index (κ3) is 3.03. The second-order valence-corrected chi connectivity index (χ2v) is 5.57. The van der Waals surface area contributed by atoms with Crippen LogP contribution in [-0.2, 0) is 4.74 Å². The molecule has 2 rings (SSSR count). The van der Waals surface area contributed by atoms with Crippen molar-refractivity contribution in [2.24, 2.45) is 5.92 Å². The van der Waals surface area contributed by atoms with E-state index in [4.69, 9.17) is 4.74 Å². The van der Waals surface area contributed by atoms with E-state index in [2.05, 4.69) is 24.4 Å². The topological polar surface area (TPSA) is 21.3 Å². The highest BCUT2D eigenvalue weighted by atomic mass is 32.1. The molecule has 1 fully saturated rings. The summed E-state index contributed by atoms with van der Waals surface area (Å²) in [5.74, 6) is 1.69. The second kappa shape index (κ2) is 5.10. The standard InChI is InChI=1S/C12H19NOS/c1-9-3-4-12(15-9)11-7-10(11)8-13-5-6-14-2/h3-4,10-11,13H,5-8H2,1-2H3. The molecule has 84 valence electrons. The Kier molecular flexibility index (Phi) is 3.78. The smallest absolute Gasteiger partial charge is 0.0587 e. The van der Waals surface area contributed by atoms with Gasteiger partial charge < -0.3 is 10.1 Å². The Bertz CT molecular complexity index is 310. The van der Waals surface area contributed by atoms with Crippen LogP contribution in [0, 0.1) is 12.8 Å². The first-order chi connectivity index (χ1) is 7.31. The molecule has 2 atom stereocenters. The predicted molar refractivity (Wildman–Crippen MR) is 64.6 cm³/mol. The fourth-order valence-electron chi connectivity index (χ4n) is 1.94. The van der Waals surface area contributed by atoms with Crippen LogP contribution in [0.2, 0.25) is 0 Å². The number of hydrogen-bond donors (Lipinski definition) is 1. The summed E-state index contributed by atoms with van der Waals surface area (Å²) in [6, 6.07) is 4.52. The van der Waals surface area contributed by atoms with Gasteiger partial charge in [0, 0.05) is 23.4 Å². The lowest BCUT2D eigenvalue weighted by Crippen LogP contribution is -2.21. The van der Waals surface area contributed by atoms with Crippen molar-refractivity contribution in [3.63, 3.8) is 0 Å². The molecule has 1 saturated carbocycles. The molecular formula is C12H19NOS. The predicted octanol–water partition coefficient (Wildman–Crippen LogP) is 2.40. The molecule has 1 aliphatic carbocycles. The van der Waals surface area contributed by atoms with Crippen molar-refractivity contribution in [2.75, 3.05) is 26.8 Å². The lowest BCUT2D eigenvalue weighted by molar-refractivity contribution is 0.199. The summed E-state index contributed by atoms with van der Waals surface area (Å²) in [4.78, 5) is 3.01. The first-order valence-corrected chi connectivity index (χ1v) is 6.39. The summed E-state index contributed by atoms with van der Waals surface area (Å²) in [7, 11) is 1.75. The minimum Gasteiger partial charge on any atom is -0.383 e. The molecule has 15 heavy (non-hydrogen) atoms. The third-order valence-electron chi connectivity index (χ3n) is 2.94. The first kappa shape index (κ1) is 11.1. The summed E-state index contributed by atoms with van der Waals surface area (Å²) < 4.78 is 5.00. The van der Waals surface area contributed by atoms with Crippen LogP contribution in [0.15, 0.2) is 12.1 Å². The summed E-state index contributed by atoms with van der Waals surface area (Å²) in [6.45, 7) is 5.12. The van der Waals surface area contributed by atoms with Gasteiger partial charge >= 0.3 is 0 Å². The average molecular weight is 225 g/mol. The summed E-state index contributed by atoms with van der Waals surface area (Å²) in [6.07, 6.45) is 1.36. The minimum absolute atomic E-state index is 0.815. The number of nitrogens with one attached hydrogen (secondary N) is 1. The van der Waals surface area contributed by atoms with Gasteiger partial charge in [-0.15, -0.1) is 11.3 Å². The molecule has 2 unspecified atom stereocenters. The van der Waals surface area contributed by atoms with Gasteiger partial charge in [0.1, 0.15) is 0 Å². The Labute approximate surface area is 95.6 Å². The minimum atomic E-state index is 0.815. The lowest BCUT2D eigenvalue weighted by atomic mass is 10.2.